The summed E-state index contributed by atoms with van der Waals surface area (Å²) in [5.74, 6) is -1.56. The quantitative estimate of drug-likeness (QED) is 0.157. The molecule has 11 nitrogen and oxygen atoms in total. The number of hydrogen-bond donors (Lipinski definition) is 3. The molecule has 0 radical (unpaired) electrons. The van der Waals surface area contributed by atoms with Gasteiger partial charge in [0.15, 0.2) is 11.5 Å². The summed E-state index contributed by atoms with van der Waals surface area (Å²) in [4.78, 5) is 65.6. The summed E-state index contributed by atoms with van der Waals surface area (Å²) in [7, 11) is 2.98. The van der Waals surface area contributed by atoms with Gasteiger partial charge in [0.2, 0.25) is 17.7 Å². The molecule has 1 fully saturated rings. The third-order valence-electron chi connectivity index (χ3n) is 7.17. The number of thioether (sulfide) groups is 1. The summed E-state index contributed by atoms with van der Waals surface area (Å²) in [5.41, 5.74) is 7.18. The van der Waals surface area contributed by atoms with Crippen LogP contribution >= 0.6 is 11.8 Å². The number of methoxy groups -OCH3 is 2. The summed E-state index contributed by atoms with van der Waals surface area (Å²) < 4.78 is 10.9. The highest BCUT2D eigenvalue weighted by Crippen LogP contribution is 2.35. The fourth-order valence-corrected chi connectivity index (χ4v) is 5.90. The molecule has 0 aromatic heterocycles. The molecule has 1 saturated heterocycles. The zero-order chi connectivity index (χ0) is 33.5. The van der Waals surface area contributed by atoms with Crippen molar-refractivity contribution in [2.24, 2.45) is 5.73 Å². The SMILES string of the molecule is COc1cccc(/C=C(\NC(=O)c2ccccc2)C(=O)Nc2ccc(SC3CC(=O)N(c4ccc(C(N)=O)cc4)C3=O)cc2)c1OC. The number of ether oxygens (including phenoxy) is 2. The number of carbonyl (C=O) groups excluding carboxylic acids is 5. The number of carbonyl (C=O) groups is 5. The Morgan fingerprint density at radius 3 is 2.19 bits per heavy atom. The molecular weight excluding hydrogens is 620 g/mol. The van der Waals surface area contributed by atoms with E-state index in [2.05, 4.69) is 10.6 Å². The highest BCUT2D eigenvalue weighted by Gasteiger charge is 2.40. The first-order chi connectivity index (χ1) is 22.7. The maximum Gasteiger partial charge on any atom is 0.272 e. The normalized spacial score (nSPS) is 14.5. The summed E-state index contributed by atoms with van der Waals surface area (Å²) in [6.07, 6.45) is 1.50. The lowest BCUT2D eigenvalue weighted by molar-refractivity contribution is -0.121. The fraction of sp³-hybridized carbons (Fsp3) is 0.114. The Hall–Kier alpha value is -5.88. The Kier molecular flexibility index (Phi) is 10.0. The van der Waals surface area contributed by atoms with Crippen molar-refractivity contribution in [3.63, 3.8) is 0 Å². The molecular formula is C35H30N4O7S. The van der Waals surface area contributed by atoms with E-state index in [0.717, 1.165) is 4.90 Å². The van der Waals surface area contributed by atoms with E-state index in [1.807, 2.05) is 0 Å². The molecule has 4 N–H and O–H groups in total. The average Bonchev–Trinajstić information content (AvgIpc) is 3.36. The van der Waals surface area contributed by atoms with Crippen LogP contribution in [0, 0.1) is 0 Å². The van der Waals surface area contributed by atoms with Crippen LogP contribution in [0.4, 0.5) is 11.4 Å². The van der Waals surface area contributed by atoms with E-state index in [4.69, 9.17) is 15.2 Å². The molecule has 1 atom stereocenters. The largest absolute Gasteiger partial charge is 0.493 e. The van der Waals surface area contributed by atoms with Crippen molar-refractivity contribution in [1.82, 2.24) is 5.32 Å². The van der Waals surface area contributed by atoms with Crippen LogP contribution in [0.1, 0.15) is 32.7 Å². The maximum absolute atomic E-state index is 13.5. The average molecular weight is 651 g/mol. The van der Waals surface area contributed by atoms with Crippen molar-refractivity contribution in [2.75, 3.05) is 24.4 Å². The number of nitrogens with one attached hydrogen (secondary N) is 2. The van der Waals surface area contributed by atoms with E-state index >= 15 is 0 Å². The minimum Gasteiger partial charge on any atom is -0.493 e. The lowest BCUT2D eigenvalue weighted by Gasteiger charge is -2.15. The van der Waals surface area contributed by atoms with Crippen LogP contribution in [0.2, 0.25) is 0 Å². The van der Waals surface area contributed by atoms with E-state index in [1.165, 1.54) is 56.3 Å². The number of hydrogen-bond acceptors (Lipinski definition) is 8. The van der Waals surface area contributed by atoms with E-state index in [9.17, 15) is 24.0 Å². The second-order valence-electron chi connectivity index (χ2n) is 10.2. The zero-order valence-corrected chi connectivity index (χ0v) is 26.2. The van der Waals surface area contributed by atoms with Gasteiger partial charge >= 0.3 is 0 Å². The molecule has 4 aromatic rings. The monoisotopic (exact) mass is 650 g/mol. The molecule has 4 aromatic carbocycles. The Morgan fingerprint density at radius 1 is 0.851 bits per heavy atom. The number of primary amides is 1. The molecule has 1 unspecified atom stereocenters. The van der Waals surface area contributed by atoms with Crippen molar-refractivity contribution in [3.05, 3.63) is 119 Å². The van der Waals surface area contributed by atoms with Crippen molar-refractivity contribution in [2.45, 2.75) is 16.6 Å². The Morgan fingerprint density at radius 2 is 1.55 bits per heavy atom. The standard InChI is InChI=1S/C35H30N4O7S/c1-45-28-10-6-9-23(31(28)46-2)19-27(38-33(42)22-7-4-3-5-8-22)34(43)37-24-13-17-26(18-14-24)47-29-20-30(40)39(35(29)44)25-15-11-21(12-16-25)32(36)41/h3-19,29H,20H2,1-2H3,(H2,36,41)(H,37,43)(H,38,42)/b27-19-. The van der Waals surface area contributed by atoms with Gasteiger partial charge in [-0.1, -0.05) is 30.3 Å². The highest BCUT2D eigenvalue weighted by atomic mass is 32.2. The Balaban J connectivity index is 1.31. The van der Waals surface area contributed by atoms with E-state index in [0.29, 0.717) is 38.9 Å². The number of nitrogens with two attached hydrogens (primary N) is 1. The minimum absolute atomic E-state index is 0.00254. The molecule has 5 amide bonds. The zero-order valence-electron chi connectivity index (χ0n) is 25.4. The predicted octanol–water partition coefficient (Wildman–Crippen LogP) is 4.64. The molecule has 238 valence electrons. The van der Waals surface area contributed by atoms with Gasteiger partial charge in [0.25, 0.3) is 11.8 Å². The first kappa shape index (κ1) is 32.5. The van der Waals surface area contributed by atoms with Gasteiger partial charge in [-0.15, -0.1) is 11.8 Å². The minimum atomic E-state index is -0.653. The lowest BCUT2D eigenvalue weighted by Crippen LogP contribution is -2.31. The third kappa shape index (κ3) is 7.51. The van der Waals surface area contributed by atoms with Crippen LogP contribution < -0.4 is 30.7 Å². The van der Waals surface area contributed by atoms with Crippen LogP contribution in [-0.4, -0.2) is 49.0 Å². The van der Waals surface area contributed by atoms with Gasteiger partial charge in [0.1, 0.15) is 5.70 Å². The number of imide groups is 1. The van der Waals surface area contributed by atoms with Crippen molar-refractivity contribution in [1.29, 1.82) is 0 Å². The summed E-state index contributed by atoms with van der Waals surface area (Å²) in [6.45, 7) is 0. The van der Waals surface area contributed by atoms with Crippen molar-refractivity contribution in [3.8, 4) is 11.5 Å². The molecule has 0 aliphatic carbocycles. The number of benzene rings is 4. The van der Waals surface area contributed by atoms with E-state index in [1.54, 1.807) is 72.8 Å². The van der Waals surface area contributed by atoms with Gasteiger partial charge in [-0.05, 0) is 72.8 Å². The van der Waals surface area contributed by atoms with Gasteiger partial charge < -0.3 is 25.8 Å². The molecule has 1 aliphatic heterocycles. The third-order valence-corrected chi connectivity index (χ3v) is 8.36. The number of para-hydroxylation sites is 1. The first-order valence-electron chi connectivity index (χ1n) is 14.3. The van der Waals surface area contributed by atoms with Gasteiger partial charge in [0.05, 0.1) is 25.2 Å². The molecule has 5 rings (SSSR count). The second-order valence-corrected chi connectivity index (χ2v) is 11.5. The van der Waals surface area contributed by atoms with Gasteiger partial charge in [-0.3, -0.25) is 24.0 Å². The van der Waals surface area contributed by atoms with Crippen LogP contribution in [0.25, 0.3) is 6.08 Å². The fourth-order valence-electron chi connectivity index (χ4n) is 4.85. The van der Waals surface area contributed by atoms with Crippen molar-refractivity contribution >= 4 is 58.7 Å². The lowest BCUT2D eigenvalue weighted by atomic mass is 10.1. The van der Waals surface area contributed by atoms with E-state index in [-0.39, 0.29) is 29.5 Å². The predicted molar refractivity (Wildman–Crippen MR) is 178 cm³/mol. The molecule has 12 heteroatoms. The first-order valence-corrected chi connectivity index (χ1v) is 15.2. The maximum atomic E-state index is 13.5. The Bertz CT molecular complexity index is 1860. The molecule has 0 bridgehead atoms. The van der Waals surface area contributed by atoms with Crippen molar-refractivity contribution < 1.29 is 33.4 Å². The number of anilines is 2. The van der Waals surface area contributed by atoms with Crippen LogP contribution in [-0.2, 0) is 14.4 Å². The second kappa shape index (κ2) is 14.5. The topological polar surface area (TPSA) is 157 Å². The summed E-state index contributed by atoms with van der Waals surface area (Å²) in [6, 6.07) is 26.4. The molecule has 0 spiro atoms. The van der Waals surface area contributed by atoms with Crippen LogP contribution in [0.3, 0.4) is 0 Å². The van der Waals surface area contributed by atoms with E-state index < -0.39 is 23.0 Å². The van der Waals surface area contributed by atoms with Gasteiger partial charge in [0, 0.05) is 33.7 Å². The number of rotatable bonds is 11. The Labute approximate surface area is 274 Å². The number of nitrogens with zero attached hydrogens (tertiary/aromatic N) is 1. The van der Waals surface area contributed by atoms with Crippen LogP contribution in [0.15, 0.2) is 108 Å². The highest BCUT2D eigenvalue weighted by molar-refractivity contribution is 8.00. The molecule has 0 saturated carbocycles. The molecule has 47 heavy (non-hydrogen) atoms. The molecule has 1 heterocycles. The summed E-state index contributed by atoms with van der Waals surface area (Å²) >= 11 is 1.23. The van der Waals surface area contributed by atoms with Gasteiger partial charge in [-0.25, -0.2) is 4.90 Å². The van der Waals surface area contributed by atoms with Crippen LogP contribution in [0.5, 0.6) is 11.5 Å². The summed E-state index contributed by atoms with van der Waals surface area (Å²) in [5, 5.41) is 4.84. The number of amides is 5. The molecule has 1 aliphatic rings. The smallest absolute Gasteiger partial charge is 0.272 e. The van der Waals surface area contributed by atoms with Gasteiger partial charge in [-0.2, -0.15) is 0 Å².